The van der Waals surface area contributed by atoms with Crippen LogP contribution < -0.4 is 10.6 Å². The second-order valence-electron chi connectivity index (χ2n) is 2.57. The van der Waals surface area contributed by atoms with E-state index in [9.17, 15) is 4.79 Å². The van der Waals surface area contributed by atoms with Gasteiger partial charge in [0.25, 0.3) is 0 Å². The highest BCUT2D eigenvalue weighted by molar-refractivity contribution is 5.88. The number of rotatable bonds is 1. The lowest BCUT2D eigenvalue weighted by atomic mass is 10.2. The molecule has 0 fully saturated rings. The minimum absolute atomic E-state index is 0. The highest BCUT2D eigenvalue weighted by Gasteiger charge is 1.95. The average Bonchev–Trinajstić information content (AvgIpc) is 2.24. The number of aryl methyl sites for hydroxylation is 1. The molecule has 0 unspecified atom stereocenters. The first-order chi connectivity index (χ1) is 6.72. The van der Waals surface area contributed by atoms with Crippen molar-refractivity contribution in [2.24, 2.45) is 0 Å². The highest BCUT2D eigenvalue weighted by atomic mass is 16.2. The molecule has 0 aliphatic heterocycles. The fourth-order valence-corrected chi connectivity index (χ4v) is 0.830. The van der Waals surface area contributed by atoms with Crippen molar-refractivity contribution in [3.8, 4) is 0 Å². The van der Waals surface area contributed by atoms with E-state index >= 15 is 0 Å². The third kappa shape index (κ3) is 4.50. The Morgan fingerprint density at radius 3 is 2.14 bits per heavy atom. The minimum atomic E-state index is -0.196. The summed E-state index contributed by atoms with van der Waals surface area (Å²) in [5.41, 5.74) is 1.98. The molecule has 1 rings (SSSR count). The standard InChI is InChI=1S/C9H12N2O.C2H6.2H2/c1-7-3-5-8(6-4-7)11-9(12)10-2;1-2;;/h3-6H,1-2H3,(H2,10,11,12);1-2H3;2*1H. The van der Waals surface area contributed by atoms with E-state index in [-0.39, 0.29) is 8.88 Å². The van der Waals surface area contributed by atoms with Crippen LogP contribution in [0.25, 0.3) is 0 Å². The van der Waals surface area contributed by atoms with Gasteiger partial charge in [0.15, 0.2) is 0 Å². The fourth-order valence-electron chi connectivity index (χ4n) is 0.830. The van der Waals surface area contributed by atoms with Gasteiger partial charge in [-0.25, -0.2) is 4.79 Å². The van der Waals surface area contributed by atoms with E-state index in [1.54, 1.807) is 7.05 Å². The van der Waals surface area contributed by atoms with Gasteiger partial charge in [0.1, 0.15) is 0 Å². The second kappa shape index (κ2) is 6.95. The first-order valence-corrected chi connectivity index (χ1v) is 4.78. The molecule has 0 bridgehead atoms. The topological polar surface area (TPSA) is 41.1 Å². The molecule has 1 aromatic carbocycles. The number of carbonyl (C=O) groups is 1. The van der Waals surface area contributed by atoms with Gasteiger partial charge in [0.2, 0.25) is 0 Å². The van der Waals surface area contributed by atoms with Gasteiger partial charge in [-0.15, -0.1) is 0 Å². The Kier molecular flexibility index (Phi) is 6.20. The Hall–Kier alpha value is -1.51. The van der Waals surface area contributed by atoms with Crippen LogP contribution in [0.1, 0.15) is 22.3 Å². The van der Waals surface area contributed by atoms with E-state index < -0.39 is 0 Å². The molecular weight excluding hydrogens is 176 g/mol. The van der Waals surface area contributed by atoms with Gasteiger partial charge in [0, 0.05) is 15.6 Å². The predicted octanol–water partition coefficient (Wildman–Crippen LogP) is 3.26. The van der Waals surface area contributed by atoms with Crippen LogP contribution in [0.3, 0.4) is 0 Å². The number of anilines is 1. The summed E-state index contributed by atoms with van der Waals surface area (Å²) in [6.07, 6.45) is 0. The van der Waals surface area contributed by atoms with Crippen molar-refractivity contribution in [3.05, 3.63) is 29.8 Å². The highest BCUT2D eigenvalue weighted by Crippen LogP contribution is 2.07. The third-order valence-corrected chi connectivity index (χ3v) is 1.54. The molecule has 0 heterocycles. The summed E-state index contributed by atoms with van der Waals surface area (Å²) in [6, 6.07) is 7.44. The lowest BCUT2D eigenvalue weighted by molar-refractivity contribution is 0.254. The maximum absolute atomic E-state index is 10.8. The molecule has 82 valence electrons. The summed E-state index contributed by atoms with van der Waals surface area (Å²) in [4.78, 5) is 10.8. The van der Waals surface area contributed by atoms with Gasteiger partial charge in [0.05, 0.1) is 0 Å². The van der Waals surface area contributed by atoms with E-state index in [4.69, 9.17) is 0 Å². The van der Waals surface area contributed by atoms with Crippen LogP contribution in [0.4, 0.5) is 10.5 Å². The van der Waals surface area contributed by atoms with E-state index in [2.05, 4.69) is 10.6 Å². The molecule has 0 saturated carbocycles. The van der Waals surface area contributed by atoms with Crippen LogP contribution >= 0.6 is 0 Å². The average molecular weight is 198 g/mol. The van der Waals surface area contributed by atoms with Crippen LogP contribution in [-0.4, -0.2) is 13.1 Å². The predicted molar refractivity (Wildman–Crippen MR) is 64.8 cm³/mol. The van der Waals surface area contributed by atoms with Crippen LogP contribution in [0.15, 0.2) is 24.3 Å². The second-order valence-corrected chi connectivity index (χ2v) is 2.57. The van der Waals surface area contributed by atoms with Gasteiger partial charge in [-0.3, -0.25) is 0 Å². The van der Waals surface area contributed by atoms with Gasteiger partial charge in [-0.05, 0) is 19.1 Å². The quantitative estimate of drug-likeness (QED) is 0.714. The van der Waals surface area contributed by atoms with Crippen molar-refractivity contribution in [1.82, 2.24) is 5.32 Å². The molecule has 0 atom stereocenters. The van der Waals surface area contributed by atoms with Gasteiger partial charge < -0.3 is 10.6 Å². The van der Waals surface area contributed by atoms with Crippen molar-refractivity contribution in [1.29, 1.82) is 0 Å². The molecule has 14 heavy (non-hydrogen) atoms. The Morgan fingerprint density at radius 1 is 1.21 bits per heavy atom. The van der Waals surface area contributed by atoms with Crippen LogP contribution in [0, 0.1) is 6.92 Å². The van der Waals surface area contributed by atoms with Crippen LogP contribution in [0.2, 0.25) is 0 Å². The van der Waals surface area contributed by atoms with Gasteiger partial charge >= 0.3 is 6.03 Å². The molecular formula is C11H22N2O. The van der Waals surface area contributed by atoms with Crippen molar-refractivity contribution >= 4 is 11.7 Å². The Balaban J connectivity index is -0.000000399. The zero-order valence-corrected chi connectivity index (χ0v) is 9.22. The largest absolute Gasteiger partial charge is 0.341 e. The molecule has 0 radical (unpaired) electrons. The number of hydrogen-bond donors (Lipinski definition) is 2. The maximum atomic E-state index is 10.8. The minimum Gasteiger partial charge on any atom is -0.341 e. The summed E-state index contributed by atoms with van der Waals surface area (Å²) in [5.74, 6) is 0. The first kappa shape index (κ1) is 12.5. The molecule has 0 aliphatic carbocycles. The molecule has 0 saturated heterocycles. The van der Waals surface area contributed by atoms with Gasteiger partial charge in [-0.1, -0.05) is 31.5 Å². The first-order valence-electron chi connectivity index (χ1n) is 4.78. The number of nitrogens with one attached hydrogen (secondary N) is 2. The lowest BCUT2D eigenvalue weighted by Crippen LogP contribution is -2.24. The van der Waals surface area contributed by atoms with Crippen LogP contribution in [-0.2, 0) is 0 Å². The number of benzene rings is 1. The number of urea groups is 1. The van der Waals surface area contributed by atoms with E-state index in [0.29, 0.717) is 0 Å². The third-order valence-electron chi connectivity index (χ3n) is 1.54. The van der Waals surface area contributed by atoms with Gasteiger partial charge in [-0.2, -0.15) is 0 Å². The van der Waals surface area contributed by atoms with Crippen molar-refractivity contribution in [2.75, 3.05) is 12.4 Å². The van der Waals surface area contributed by atoms with Crippen molar-refractivity contribution < 1.29 is 7.65 Å². The molecule has 2 amide bonds. The van der Waals surface area contributed by atoms with Crippen molar-refractivity contribution in [3.63, 3.8) is 0 Å². The molecule has 3 nitrogen and oxygen atoms in total. The van der Waals surface area contributed by atoms with E-state index in [0.717, 1.165) is 5.69 Å². The SMILES string of the molecule is CC.CNC(=O)Nc1ccc(C)cc1.[HH].[HH]. The summed E-state index contributed by atoms with van der Waals surface area (Å²) in [5, 5.41) is 5.15. The van der Waals surface area contributed by atoms with Crippen LogP contribution in [0.5, 0.6) is 0 Å². The molecule has 3 heteroatoms. The molecule has 0 aliphatic rings. The monoisotopic (exact) mass is 198 g/mol. The van der Waals surface area contributed by atoms with E-state index in [1.807, 2.05) is 45.0 Å². The normalized spacial score (nSPS) is 8.29. The number of hydrogen-bond acceptors (Lipinski definition) is 1. The molecule has 2 N–H and O–H groups in total. The Labute approximate surface area is 88.5 Å². The maximum Gasteiger partial charge on any atom is 0.318 e. The molecule has 1 aromatic rings. The lowest BCUT2D eigenvalue weighted by Gasteiger charge is -2.03. The number of amides is 2. The summed E-state index contributed by atoms with van der Waals surface area (Å²) in [7, 11) is 1.59. The smallest absolute Gasteiger partial charge is 0.318 e. The Morgan fingerprint density at radius 2 is 1.71 bits per heavy atom. The molecule has 0 aromatic heterocycles. The zero-order valence-electron chi connectivity index (χ0n) is 9.22. The summed E-state index contributed by atoms with van der Waals surface area (Å²) >= 11 is 0. The summed E-state index contributed by atoms with van der Waals surface area (Å²) < 4.78 is 0. The Bertz CT molecular complexity index is 276. The fraction of sp³-hybridized carbons (Fsp3) is 0.364. The van der Waals surface area contributed by atoms with E-state index in [1.165, 1.54) is 5.56 Å². The summed E-state index contributed by atoms with van der Waals surface area (Å²) in [6.45, 7) is 6.00. The van der Waals surface area contributed by atoms with Crippen molar-refractivity contribution in [2.45, 2.75) is 20.8 Å². The molecule has 0 spiro atoms. The number of carbonyl (C=O) groups excluding carboxylic acids is 1. The zero-order chi connectivity index (χ0) is 11.0.